The molecule has 0 spiro atoms. The maximum Gasteiger partial charge on any atom is 0.401 e. The van der Waals surface area contributed by atoms with Crippen LogP contribution >= 0.6 is 23.2 Å². The van der Waals surface area contributed by atoms with E-state index in [2.05, 4.69) is 5.32 Å². The van der Waals surface area contributed by atoms with Crippen LogP contribution in [0.15, 0.2) is 18.2 Å². The van der Waals surface area contributed by atoms with Crippen molar-refractivity contribution in [2.75, 3.05) is 13.2 Å². The molecule has 2 nitrogen and oxygen atoms in total. The van der Waals surface area contributed by atoms with Crippen molar-refractivity contribution in [2.45, 2.75) is 18.6 Å². The zero-order valence-corrected chi connectivity index (χ0v) is 11.0. The van der Waals surface area contributed by atoms with Crippen LogP contribution in [-0.2, 0) is 5.54 Å². The Kier molecular flexibility index (Phi) is 4.89. The summed E-state index contributed by atoms with van der Waals surface area (Å²) < 4.78 is 36.6. The van der Waals surface area contributed by atoms with Gasteiger partial charge >= 0.3 is 6.18 Å². The quantitative estimate of drug-likeness (QED) is 0.894. The maximum absolute atomic E-state index is 12.2. The van der Waals surface area contributed by atoms with Crippen molar-refractivity contribution < 1.29 is 18.3 Å². The van der Waals surface area contributed by atoms with Gasteiger partial charge in [-0.15, -0.1) is 0 Å². The van der Waals surface area contributed by atoms with Crippen molar-refractivity contribution in [1.82, 2.24) is 5.32 Å². The minimum atomic E-state index is -4.37. The van der Waals surface area contributed by atoms with Crippen LogP contribution in [0.1, 0.15) is 12.5 Å². The van der Waals surface area contributed by atoms with Crippen molar-refractivity contribution in [3.05, 3.63) is 33.8 Å². The Morgan fingerprint density at radius 3 is 2.39 bits per heavy atom. The summed E-state index contributed by atoms with van der Waals surface area (Å²) in [4.78, 5) is 0. The Bertz CT molecular complexity index is 425. The van der Waals surface area contributed by atoms with E-state index in [0.29, 0.717) is 5.56 Å². The molecule has 0 bridgehead atoms. The standard InChI is InChI=1S/C11H12Cl2F3NO/c1-10(6-18,17-5-11(14,15)16)7-3-2-4-8(12)9(7)13/h2-4,17-18H,5-6H2,1H3. The summed E-state index contributed by atoms with van der Waals surface area (Å²) in [6.07, 6.45) is -4.37. The monoisotopic (exact) mass is 301 g/mol. The lowest BCUT2D eigenvalue weighted by atomic mass is 9.92. The van der Waals surface area contributed by atoms with Gasteiger partial charge in [0, 0.05) is 0 Å². The highest BCUT2D eigenvalue weighted by atomic mass is 35.5. The first-order chi connectivity index (χ1) is 8.19. The van der Waals surface area contributed by atoms with Gasteiger partial charge in [-0.3, -0.25) is 5.32 Å². The number of benzene rings is 1. The highest BCUT2D eigenvalue weighted by Crippen LogP contribution is 2.33. The van der Waals surface area contributed by atoms with E-state index < -0.39 is 24.9 Å². The number of halogens is 5. The van der Waals surface area contributed by atoms with Gasteiger partial charge in [0.05, 0.1) is 28.7 Å². The Hall–Kier alpha value is -0.490. The van der Waals surface area contributed by atoms with Crippen LogP contribution in [-0.4, -0.2) is 24.4 Å². The topological polar surface area (TPSA) is 32.3 Å². The fraction of sp³-hybridized carbons (Fsp3) is 0.455. The van der Waals surface area contributed by atoms with Crippen LogP contribution in [0.4, 0.5) is 13.2 Å². The van der Waals surface area contributed by atoms with Gasteiger partial charge in [-0.1, -0.05) is 35.3 Å². The van der Waals surface area contributed by atoms with Crippen LogP contribution in [0.3, 0.4) is 0 Å². The van der Waals surface area contributed by atoms with Crippen molar-refractivity contribution in [2.24, 2.45) is 0 Å². The third kappa shape index (κ3) is 3.75. The van der Waals surface area contributed by atoms with E-state index in [1.807, 2.05) is 0 Å². The smallest absolute Gasteiger partial charge is 0.394 e. The summed E-state index contributed by atoms with van der Waals surface area (Å²) >= 11 is 11.7. The molecule has 102 valence electrons. The second-order valence-corrected chi connectivity index (χ2v) is 4.85. The molecule has 0 aromatic heterocycles. The number of nitrogens with one attached hydrogen (secondary N) is 1. The number of rotatable bonds is 4. The fourth-order valence-electron chi connectivity index (χ4n) is 1.46. The van der Waals surface area contributed by atoms with E-state index in [0.717, 1.165) is 0 Å². The molecule has 1 atom stereocenters. The Balaban J connectivity index is 3.03. The largest absolute Gasteiger partial charge is 0.401 e. The Labute approximate surface area is 113 Å². The zero-order chi connectivity index (χ0) is 14.0. The molecule has 2 N–H and O–H groups in total. The second-order valence-electron chi connectivity index (χ2n) is 4.06. The molecule has 1 aromatic rings. The summed E-state index contributed by atoms with van der Waals surface area (Å²) in [5.41, 5.74) is -0.985. The van der Waals surface area contributed by atoms with Gasteiger partial charge < -0.3 is 5.11 Å². The average Bonchev–Trinajstić information content (AvgIpc) is 2.29. The van der Waals surface area contributed by atoms with Crippen molar-refractivity contribution in [3.8, 4) is 0 Å². The van der Waals surface area contributed by atoms with Crippen LogP contribution in [0.5, 0.6) is 0 Å². The molecule has 0 fully saturated rings. The second kappa shape index (κ2) is 5.65. The first kappa shape index (κ1) is 15.6. The fourth-order valence-corrected chi connectivity index (χ4v) is 1.97. The number of hydrogen-bond acceptors (Lipinski definition) is 2. The molecule has 0 radical (unpaired) electrons. The average molecular weight is 302 g/mol. The van der Waals surface area contributed by atoms with E-state index in [1.54, 1.807) is 6.07 Å². The molecular weight excluding hydrogens is 290 g/mol. The summed E-state index contributed by atoms with van der Waals surface area (Å²) in [6.45, 7) is -0.341. The van der Waals surface area contributed by atoms with E-state index in [9.17, 15) is 18.3 Å². The zero-order valence-electron chi connectivity index (χ0n) is 9.48. The highest BCUT2D eigenvalue weighted by molar-refractivity contribution is 6.42. The van der Waals surface area contributed by atoms with Gasteiger partial charge in [0.25, 0.3) is 0 Å². The van der Waals surface area contributed by atoms with Crippen molar-refractivity contribution in [1.29, 1.82) is 0 Å². The highest BCUT2D eigenvalue weighted by Gasteiger charge is 2.34. The molecule has 0 amide bonds. The van der Waals surface area contributed by atoms with E-state index >= 15 is 0 Å². The summed E-state index contributed by atoms with van der Waals surface area (Å²) in [5.74, 6) is 0. The molecule has 0 saturated carbocycles. The normalized spacial score (nSPS) is 15.5. The molecule has 1 unspecified atom stereocenters. The molecule has 0 aliphatic carbocycles. The van der Waals surface area contributed by atoms with Gasteiger partial charge in [-0.05, 0) is 18.6 Å². The van der Waals surface area contributed by atoms with E-state index in [1.165, 1.54) is 19.1 Å². The molecule has 0 aliphatic heterocycles. The molecular formula is C11H12Cl2F3NO. The minimum absolute atomic E-state index is 0.130. The lowest BCUT2D eigenvalue weighted by molar-refractivity contribution is -0.129. The Morgan fingerprint density at radius 1 is 1.28 bits per heavy atom. The van der Waals surface area contributed by atoms with E-state index in [4.69, 9.17) is 23.2 Å². The molecule has 0 heterocycles. The molecule has 1 rings (SSSR count). The first-order valence-corrected chi connectivity index (χ1v) is 5.82. The van der Waals surface area contributed by atoms with Crippen LogP contribution < -0.4 is 5.32 Å². The molecule has 0 aliphatic rings. The summed E-state index contributed by atoms with van der Waals surface area (Å²) in [6, 6.07) is 4.61. The van der Waals surface area contributed by atoms with Crippen LogP contribution in [0.25, 0.3) is 0 Å². The summed E-state index contributed by atoms with van der Waals surface area (Å²) in [7, 11) is 0. The van der Waals surface area contributed by atoms with Gasteiger partial charge in [0.1, 0.15) is 0 Å². The summed E-state index contributed by atoms with van der Waals surface area (Å²) in [5, 5.41) is 11.9. The minimum Gasteiger partial charge on any atom is -0.394 e. The predicted molar refractivity (Wildman–Crippen MR) is 65.0 cm³/mol. The van der Waals surface area contributed by atoms with Gasteiger partial charge in [-0.25, -0.2) is 0 Å². The van der Waals surface area contributed by atoms with Crippen molar-refractivity contribution >= 4 is 23.2 Å². The third-order valence-electron chi connectivity index (χ3n) is 2.54. The lowest BCUT2D eigenvalue weighted by Gasteiger charge is -2.31. The molecule has 0 saturated heterocycles. The Morgan fingerprint density at radius 2 is 1.89 bits per heavy atom. The first-order valence-electron chi connectivity index (χ1n) is 5.07. The third-order valence-corrected chi connectivity index (χ3v) is 3.36. The van der Waals surface area contributed by atoms with Crippen LogP contribution in [0, 0.1) is 0 Å². The van der Waals surface area contributed by atoms with Gasteiger partial charge in [0.2, 0.25) is 0 Å². The van der Waals surface area contributed by atoms with E-state index in [-0.39, 0.29) is 10.0 Å². The van der Waals surface area contributed by atoms with Gasteiger partial charge in [0.15, 0.2) is 0 Å². The lowest BCUT2D eigenvalue weighted by Crippen LogP contribution is -2.47. The van der Waals surface area contributed by atoms with Gasteiger partial charge in [-0.2, -0.15) is 13.2 Å². The maximum atomic E-state index is 12.2. The SMILES string of the molecule is CC(CO)(NCC(F)(F)F)c1cccc(Cl)c1Cl. The molecule has 18 heavy (non-hydrogen) atoms. The molecule has 7 heteroatoms. The number of alkyl halides is 3. The number of aliphatic hydroxyl groups is 1. The predicted octanol–water partition coefficient (Wildman–Crippen LogP) is 3.35. The number of aliphatic hydroxyl groups excluding tert-OH is 1. The van der Waals surface area contributed by atoms with Crippen LogP contribution in [0.2, 0.25) is 10.0 Å². The van der Waals surface area contributed by atoms with Crippen molar-refractivity contribution in [3.63, 3.8) is 0 Å². The molecule has 1 aromatic carbocycles. The number of hydrogen-bond donors (Lipinski definition) is 2.